The molecule has 1 aliphatic heterocycles. The van der Waals surface area contributed by atoms with Crippen molar-refractivity contribution in [2.75, 3.05) is 31.6 Å². The Morgan fingerprint density at radius 3 is 2.47 bits per heavy atom. The van der Waals surface area contributed by atoms with E-state index < -0.39 is 5.82 Å². The van der Waals surface area contributed by atoms with Crippen LogP contribution in [-0.4, -0.2) is 53.4 Å². The Hall–Kier alpha value is -1.99. The van der Waals surface area contributed by atoms with Crippen LogP contribution in [0.3, 0.4) is 0 Å². The first-order chi connectivity index (χ1) is 14.2. The Labute approximate surface area is 187 Å². The summed E-state index contributed by atoms with van der Waals surface area (Å²) in [6.07, 6.45) is 0. The molecule has 1 atom stereocenters. The Kier molecular flexibility index (Phi) is 8.38. The second-order valence-electron chi connectivity index (χ2n) is 6.96. The van der Waals surface area contributed by atoms with Gasteiger partial charge in [0.25, 0.3) is 0 Å². The van der Waals surface area contributed by atoms with Crippen LogP contribution in [0, 0.1) is 19.7 Å². The van der Waals surface area contributed by atoms with Crippen LogP contribution < -0.4 is 9.64 Å². The molecule has 3 rings (SSSR count). The Bertz CT molecular complexity index is 904. The lowest BCUT2D eigenvalue weighted by molar-refractivity contribution is -0.134. The Morgan fingerprint density at radius 1 is 1.27 bits per heavy atom. The van der Waals surface area contributed by atoms with Crippen LogP contribution in [0.2, 0.25) is 10.0 Å². The van der Waals surface area contributed by atoms with E-state index in [0.717, 1.165) is 5.69 Å². The van der Waals surface area contributed by atoms with Crippen molar-refractivity contribution in [3.8, 4) is 5.75 Å². The van der Waals surface area contributed by atoms with Gasteiger partial charge in [-0.05, 0) is 26.8 Å². The molecule has 0 aliphatic carbocycles. The number of amides is 1. The molecule has 2 heterocycles. The number of rotatable bonds is 4. The average molecular weight is 459 g/mol. The number of anilines is 1. The van der Waals surface area contributed by atoms with Gasteiger partial charge in [0.1, 0.15) is 18.1 Å². The van der Waals surface area contributed by atoms with E-state index >= 15 is 0 Å². The number of carbonyl (C=O) groups excluding carboxylic acids is 1. The van der Waals surface area contributed by atoms with Crippen molar-refractivity contribution in [1.29, 1.82) is 0 Å². The highest BCUT2D eigenvalue weighted by Crippen LogP contribution is 2.33. The number of piperazine rings is 1. The van der Waals surface area contributed by atoms with E-state index in [9.17, 15) is 9.18 Å². The standard InChI is InChI=1S/C19H23Cl2FN4O2.C2H6/c1-11-9-24(16-8-17(28-4)14(20)7-15(16)22)5-6-25(11)18(27)10-26-13(3)19(21)12(2)23-26;1-2/h7-8,11H,5-6,9-10H2,1-4H3;1-2H3. The van der Waals surface area contributed by atoms with Crippen LogP contribution in [0.4, 0.5) is 10.1 Å². The molecule has 1 fully saturated rings. The van der Waals surface area contributed by atoms with Crippen molar-refractivity contribution in [1.82, 2.24) is 14.7 Å². The van der Waals surface area contributed by atoms with Crippen molar-refractivity contribution in [3.63, 3.8) is 0 Å². The first kappa shape index (κ1) is 24.3. The van der Waals surface area contributed by atoms with Gasteiger partial charge in [-0.1, -0.05) is 37.0 Å². The molecule has 166 valence electrons. The number of hydrogen-bond donors (Lipinski definition) is 0. The lowest BCUT2D eigenvalue weighted by Crippen LogP contribution is -2.55. The van der Waals surface area contributed by atoms with Gasteiger partial charge in [-0.2, -0.15) is 5.10 Å². The predicted molar refractivity (Wildman–Crippen MR) is 119 cm³/mol. The number of hydrogen-bond acceptors (Lipinski definition) is 4. The van der Waals surface area contributed by atoms with Gasteiger partial charge in [0.15, 0.2) is 0 Å². The number of aromatic nitrogens is 2. The fourth-order valence-corrected chi connectivity index (χ4v) is 3.87. The molecule has 1 amide bonds. The summed E-state index contributed by atoms with van der Waals surface area (Å²) in [5.41, 5.74) is 1.90. The highest BCUT2D eigenvalue weighted by molar-refractivity contribution is 6.32. The molecule has 0 bridgehead atoms. The quantitative estimate of drug-likeness (QED) is 0.664. The fourth-order valence-electron chi connectivity index (χ4n) is 3.51. The van der Waals surface area contributed by atoms with E-state index in [2.05, 4.69) is 5.10 Å². The smallest absolute Gasteiger partial charge is 0.244 e. The van der Waals surface area contributed by atoms with Gasteiger partial charge >= 0.3 is 0 Å². The number of aryl methyl sites for hydroxylation is 1. The van der Waals surface area contributed by atoms with Crippen LogP contribution in [0.1, 0.15) is 32.2 Å². The maximum Gasteiger partial charge on any atom is 0.244 e. The maximum atomic E-state index is 14.4. The van der Waals surface area contributed by atoms with Crippen molar-refractivity contribution in [3.05, 3.63) is 39.4 Å². The van der Waals surface area contributed by atoms with Crippen LogP contribution in [0.25, 0.3) is 0 Å². The summed E-state index contributed by atoms with van der Waals surface area (Å²) in [6.45, 7) is 11.2. The summed E-state index contributed by atoms with van der Waals surface area (Å²) in [6, 6.07) is 2.76. The summed E-state index contributed by atoms with van der Waals surface area (Å²) in [5.74, 6) is -0.0238. The van der Waals surface area contributed by atoms with Gasteiger partial charge in [-0.3, -0.25) is 9.48 Å². The van der Waals surface area contributed by atoms with Crippen LogP contribution >= 0.6 is 23.2 Å². The highest BCUT2D eigenvalue weighted by Gasteiger charge is 2.29. The van der Waals surface area contributed by atoms with Gasteiger partial charge < -0.3 is 14.5 Å². The topological polar surface area (TPSA) is 50.6 Å². The van der Waals surface area contributed by atoms with E-state index in [-0.39, 0.29) is 23.5 Å². The lowest BCUT2D eigenvalue weighted by atomic mass is 10.1. The van der Waals surface area contributed by atoms with Gasteiger partial charge in [0.2, 0.25) is 5.91 Å². The largest absolute Gasteiger partial charge is 0.495 e. The van der Waals surface area contributed by atoms with E-state index in [1.54, 1.807) is 15.6 Å². The summed E-state index contributed by atoms with van der Waals surface area (Å²) in [5, 5.41) is 5.13. The average Bonchev–Trinajstić information content (AvgIpc) is 2.96. The summed E-state index contributed by atoms with van der Waals surface area (Å²) >= 11 is 12.1. The Balaban J connectivity index is 0.00000155. The van der Waals surface area contributed by atoms with Gasteiger partial charge in [-0.15, -0.1) is 0 Å². The molecule has 0 N–H and O–H groups in total. The number of halogens is 3. The molecule has 1 unspecified atom stereocenters. The number of carbonyl (C=O) groups is 1. The van der Waals surface area contributed by atoms with Crippen LogP contribution in [-0.2, 0) is 11.3 Å². The molecule has 0 saturated carbocycles. The number of methoxy groups -OCH3 is 1. The van der Waals surface area contributed by atoms with E-state index in [1.807, 2.05) is 39.5 Å². The molecular weight excluding hydrogens is 430 g/mol. The van der Waals surface area contributed by atoms with Crippen molar-refractivity contribution in [2.24, 2.45) is 0 Å². The minimum absolute atomic E-state index is 0.0384. The molecular formula is C21H29Cl2FN4O2. The Morgan fingerprint density at radius 2 is 1.93 bits per heavy atom. The molecule has 0 radical (unpaired) electrons. The molecule has 30 heavy (non-hydrogen) atoms. The summed E-state index contributed by atoms with van der Waals surface area (Å²) in [7, 11) is 1.49. The molecule has 1 aromatic heterocycles. The normalized spacial score (nSPS) is 16.2. The van der Waals surface area contributed by atoms with Gasteiger partial charge in [0.05, 0.1) is 34.2 Å². The second-order valence-corrected chi connectivity index (χ2v) is 7.75. The van der Waals surface area contributed by atoms with Crippen molar-refractivity contribution < 1.29 is 13.9 Å². The third-order valence-corrected chi connectivity index (χ3v) is 5.93. The molecule has 0 spiro atoms. The first-order valence-electron chi connectivity index (χ1n) is 9.99. The van der Waals surface area contributed by atoms with Gasteiger partial charge in [0, 0.05) is 31.7 Å². The van der Waals surface area contributed by atoms with Gasteiger partial charge in [-0.25, -0.2) is 4.39 Å². The maximum absolute atomic E-state index is 14.4. The number of benzene rings is 1. The monoisotopic (exact) mass is 458 g/mol. The number of ether oxygens (including phenoxy) is 1. The zero-order valence-electron chi connectivity index (χ0n) is 18.3. The molecule has 2 aromatic rings. The SMILES string of the molecule is CC.COc1cc(N2CCN(C(=O)Cn3nc(C)c(Cl)c3C)C(C)C2)c(F)cc1Cl. The molecule has 9 heteroatoms. The summed E-state index contributed by atoms with van der Waals surface area (Å²) < 4.78 is 21.2. The zero-order valence-corrected chi connectivity index (χ0v) is 19.8. The molecule has 1 aromatic carbocycles. The van der Waals surface area contributed by atoms with Crippen molar-refractivity contribution in [2.45, 2.75) is 47.2 Å². The zero-order chi connectivity index (χ0) is 22.6. The molecule has 1 saturated heterocycles. The molecule has 1 aliphatic rings. The van der Waals surface area contributed by atoms with E-state index in [1.165, 1.54) is 13.2 Å². The minimum Gasteiger partial charge on any atom is -0.495 e. The minimum atomic E-state index is -0.407. The highest BCUT2D eigenvalue weighted by atomic mass is 35.5. The third-order valence-electron chi connectivity index (χ3n) is 5.09. The second kappa shape index (κ2) is 10.4. The summed E-state index contributed by atoms with van der Waals surface area (Å²) in [4.78, 5) is 16.5. The van der Waals surface area contributed by atoms with E-state index in [4.69, 9.17) is 27.9 Å². The van der Waals surface area contributed by atoms with Crippen LogP contribution in [0.15, 0.2) is 12.1 Å². The number of nitrogens with zero attached hydrogens (tertiary/aromatic N) is 4. The van der Waals surface area contributed by atoms with Crippen molar-refractivity contribution >= 4 is 34.8 Å². The third kappa shape index (κ3) is 5.01. The van der Waals surface area contributed by atoms with Crippen LogP contribution in [0.5, 0.6) is 5.75 Å². The van der Waals surface area contributed by atoms with E-state index in [0.29, 0.717) is 41.8 Å². The fraction of sp³-hybridized carbons (Fsp3) is 0.524. The predicted octanol–water partition coefficient (Wildman–Crippen LogP) is 4.72. The molecule has 6 nitrogen and oxygen atoms in total. The first-order valence-corrected chi connectivity index (χ1v) is 10.8. The lowest BCUT2D eigenvalue weighted by Gasteiger charge is -2.41.